The lowest BCUT2D eigenvalue weighted by Crippen LogP contribution is -2.00. The number of carbonyl (C=O) groups is 1. The fraction of sp³-hybridized carbons (Fsp3) is 0.0909. The lowest BCUT2D eigenvalue weighted by atomic mass is 10.3. The van der Waals surface area contributed by atoms with Crippen LogP contribution in [0.2, 0.25) is 0 Å². The number of aromatic nitrogens is 2. The van der Waals surface area contributed by atoms with E-state index in [1.807, 2.05) is 0 Å². The maximum Gasteiger partial charge on any atom is 0.309 e. The number of rotatable bonds is 3. The van der Waals surface area contributed by atoms with Crippen molar-refractivity contribution in [2.75, 3.05) is 0 Å². The summed E-state index contributed by atoms with van der Waals surface area (Å²) in [7, 11) is 0. The number of carboxylic acid groups (broad SMARTS) is 1. The Morgan fingerprint density at radius 1 is 1.41 bits per heavy atom. The van der Waals surface area contributed by atoms with Crippen molar-refractivity contribution in [3.8, 4) is 5.69 Å². The Kier molecular flexibility index (Phi) is 2.86. The minimum atomic E-state index is -1.02. The van der Waals surface area contributed by atoms with Crippen LogP contribution in [0.1, 0.15) is 5.69 Å². The van der Waals surface area contributed by atoms with Gasteiger partial charge in [0.25, 0.3) is 0 Å². The molecule has 1 aromatic carbocycles. The first-order valence-corrected chi connectivity index (χ1v) is 4.76. The Labute approximate surface area is 95.1 Å². The molecule has 0 radical (unpaired) electrons. The molecule has 0 aliphatic rings. The molecule has 4 nitrogen and oxygen atoms in total. The monoisotopic (exact) mass is 238 g/mol. The second kappa shape index (κ2) is 4.32. The molecular weight excluding hydrogens is 230 g/mol. The maximum absolute atomic E-state index is 13.4. The summed E-state index contributed by atoms with van der Waals surface area (Å²) in [4.78, 5) is 14.3. The zero-order valence-corrected chi connectivity index (χ0v) is 8.60. The average Bonchev–Trinajstić information content (AvgIpc) is 2.65. The minimum absolute atomic E-state index is 0.121. The fourth-order valence-corrected chi connectivity index (χ4v) is 1.43. The molecular formula is C11H8F2N2O2. The van der Waals surface area contributed by atoms with E-state index in [0.29, 0.717) is 5.69 Å². The predicted molar refractivity (Wildman–Crippen MR) is 54.8 cm³/mol. The number of hydrogen-bond donors (Lipinski definition) is 1. The van der Waals surface area contributed by atoms with Crippen LogP contribution in [0.5, 0.6) is 0 Å². The van der Waals surface area contributed by atoms with Gasteiger partial charge in [0.05, 0.1) is 24.1 Å². The van der Waals surface area contributed by atoms with Gasteiger partial charge in [0.1, 0.15) is 11.6 Å². The smallest absolute Gasteiger partial charge is 0.309 e. The summed E-state index contributed by atoms with van der Waals surface area (Å²) in [5.41, 5.74) is 0.428. The topological polar surface area (TPSA) is 55.1 Å². The van der Waals surface area contributed by atoms with Gasteiger partial charge in [0.2, 0.25) is 0 Å². The first-order valence-electron chi connectivity index (χ1n) is 4.76. The van der Waals surface area contributed by atoms with Gasteiger partial charge < -0.3 is 9.67 Å². The van der Waals surface area contributed by atoms with E-state index < -0.39 is 17.6 Å². The van der Waals surface area contributed by atoms with Gasteiger partial charge in [0.15, 0.2) is 0 Å². The molecule has 17 heavy (non-hydrogen) atoms. The predicted octanol–water partition coefficient (Wildman–Crippen LogP) is 1.78. The molecule has 2 aromatic rings. The van der Waals surface area contributed by atoms with Gasteiger partial charge in [0, 0.05) is 12.3 Å². The molecule has 0 unspecified atom stereocenters. The highest BCUT2D eigenvalue weighted by Gasteiger charge is 2.09. The summed E-state index contributed by atoms with van der Waals surface area (Å²) in [6.45, 7) is 0. The third-order valence-electron chi connectivity index (χ3n) is 2.16. The van der Waals surface area contributed by atoms with Gasteiger partial charge in [-0.15, -0.1) is 0 Å². The third-order valence-corrected chi connectivity index (χ3v) is 2.16. The lowest BCUT2D eigenvalue weighted by molar-refractivity contribution is -0.136. The van der Waals surface area contributed by atoms with Crippen molar-refractivity contribution in [2.45, 2.75) is 6.42 Å². The molecule has 2 rings (SSSR count). The van der Waals surface area contributed by atoms with E-state index in [1.54, 1.807) is 0 Å². The third kappa shape index (κ3) is 2.47. The van der Waals surface area contributed by atoms with Crippen LogP contribution in [0.25, 0.3) is 5.69 Å². The van der Waals surface area contributed by atoms with Crippen molar-refractivity contribution in [1.29, 1.82) is 0 Å². The molecule has 0 saturated carbocycles. The zero-order chi connectivity index (χ0) is 12.4. The minimum Gasteiger partial charge on any atom is -0.481 e. The molecule has 0 bridgehead atoms. The van der Waals surface area contributed by atoms with Crippen LogP contribution in [-0.4, -0.2) is 20.6 Å². The Morgan fingerprint density at radius 3 is 2.82 bits per heavy atom. The SMILES string of the molecule is O=C(O)Cc1cn(-c2ccc(F)cc2F)cn1. The second-order valence-electron chi connectivity index (χ2n) is 3.44. The highest BCUT2D eigenvalue weighted by Crippen LogP contribution is 2.15. The standard InChI is InChI=1S/C11H8F2N2O2/c12-7-1-2-10(9(13)3-7)15-5-8(14-6-15)4-11(16)17/h1-3,5-6H,4H2,(H,16,17). The Morgan fingerprint density at radius 2 is 2.18 bits per heavy atom. The number of benzene rings is 1. The van der Waals surface area contributed by atoms with Crippen LogP contribution in [0.4, 0.5) is 8.78 Å². The van der Waals surface area contributed by atoms with E-state index in [2.05, 4.69) is 4.98 Å². The molecule has 1 heterocycles. The molecule has 1 aromatic heterocycles. The molecule has 0 atom stereocenters. The fourth-order valence-electron chi connectivity index (χ4n) is 1.43. The maximum atomic E-state index is 13.4. The highest BCUT2D eigenvalue weighted by atomic mass is 19.1. The molecule has 0 saturated heterocycles. The first kappa shape index (κ1) is 11.3. The number of carboxylic acids is 1. The normalized spacial score (nSPS) is 10.5. The van der Waals surface area contributed by atoms with E-state index in [9.17, 15) is 13.6 Å². The van der Waals surface area contributed by atoms with Crippen LogP contribution >= 0.6 is 0 Å². The summed E-state index contributed by atoms with van der Waals surface area (Å²) < 4.78 is 27.4. The molecule has 0 fully saturated rings. The molecule has 0 spiro atoms. The molecule has 0 aliphatic heterocycles. The first-order chi connectivity index (χ1) is 8.06. The van der Waals surface area contributed by atoms with Crippen LogP contribution in [0, 0.1) is 11.6 Å². The Hall–Kier alpha value is -2.24. The van der Waals surface area contributed by atoms with Gasteiger partial charge in [-0.2, -0.15) is 0 Å². The van der Waals surface area contributed by atoms with Gasteiger partial charge in [-0.05, 0) is 12.1 Å². The summed E-state index contributed by atoms with van der Waals surface area (Å²) in [5, 5.41) is 8.56. The number of nitrogens with zero attached hydrogens (tertiary/aromatic N) is 2. The van der Waals surface area contributed by atoms with Crippen molar-refractivity contribution in [3.63, 3.8) is 0 Å². The van der Waals surface area contributed by atoms with Gasteiger partial charge >= 0.3 is 5.97 Å². The molecule has 6 heteroatoms. The van der Waals surface area contributed by atoms with Crippen LogP contribution in [-0.2, 0) is 11.2 Å². The second-order valence-corrected chi connectivity index (χ2v) is 3.44. The van der Waals surface area contributed by atoms with E-state index in [4.69, 9.17) is 5.11 Å². The van der Waals surface area contributed by atoms with E-state index in [0.717, 1.165) is 12.1 Å². The molecule has 0 aliphatic carbocycles. The van der Waals surface area contributed by atoms with Crippen molar-refractivity contribution in [1.82, 2.24) is 9.55 Å². The van der Waals surface area contributed by atoms with Crippen molar-refractivity contribution >= 4 is 5.97 Å². The molecule has 1 N–H and O–H groups in total. The Balaban J connectivity index is 2.33. The van der Waals surface area contributed by atoms with Gasteiger partial charge in [-0.1, -0.05) is 0 Å². The molecule has 88 valence electrons. The van der Waals surface area contributed by atoms with Gasteiger partial charge in [-0.3, -0.25) is 4.79 Å². The van der Waals surface area contributed by atoms with E-state index >= 15 is 0 Å². The van der Waals surface area contributed by atoms with Crippen LogP contribution < -0.4 is 0 Å². The number of imidazole rings is 1. The van der Waals surface area contributed by atoms with Crippen LogP contribution in [0.15, 0.2) is 30.7 Å². The number of aliphatic carboxylic acids is 1. The zero-order valence-electron chi connectivity index (χ0n) is 8.60. The summed E-state index contributed by atoms with van der Waals surface area (Å²) >= 11 is 0. The van der Waals surface area contributed by atoms with Crippen molar-refractivity contribution in [2.24, 2.45) is 0 Å². The molecule has 0 amide bonds. The van der Waals surface area contributed by atoms with E-state index in [1.165, 1.54) is 23.2 Å². The highest BCUT2D eigenvalue weighted by molar-refractivity contribution is 5.69. The quantitative estimate of drug-likeness (QED) is 0.886. The van der Waals surface area contributed by atoms with E-state index in [-0.39, 0.29) is 12.1 Å². The summed E-state index contributed by atoms with van der Waals surface area (Å²) in [6.07, 6.45) is 2.44. The number of halogens is 2. The summed E-state index contributed by atoms with van der Waals surface area (Å²) in [6, 6.07) is 3.14. The Bertz CT molecular complexity index is 566. The van der Waals surface area contributed by atoms with Crippen molar-refractivity contribution < 1.29 is 18.7 Å². The number of hydrogen-bond acceptors (Lipinski definition) is 2. The van der Waals surface area contributed by atoms with Crippen LogP contribution in [0.3, 0.4) is 0 Å². The lowest BCUT2D eigenvalue weighted by Gasteiger charge is -2.02. The largest absolute Gasteiger partial charge is 0.481 e. The van der Waals surface area contributed by atoms with Gasteiger partial charge in [-0.25, -0.2) is 13.8 Å². The van der Waals surface area contributed by atoms with Crippen molar-refractivity contribution in [3.05, 3.63) is 48.1 Å². The average molecular weight is 238 g/mol. The summed E-state index contributed by atoms with van der Waals surface area (Å²) in [5.74, 6) is -2.42.